The first-order valence-electron chi connectivity index (χ1n) is 9.87. The maximum absolute atomic E-state index is 12.5. The predicted octanol–water partition coefficient (Wildman–Crippen LogP) is 4.99. The summed E-state index contributed by atoms with van der Waals surface area (Å²) in [4.78, 5) is 26.0. The second-order valence-electron chi connectivity index (χ2n) is 7.02. The Labute approximate surface area is 167 Å². The summed E-state index contributed by atoms with van der Waals surface area (Å²) in [5.74, 6) is 0.443. The van der Waals surface area contributed by atoms with Crippen LogP contribution in [0.3, 0.4) is 0 Å². The van der Waals surface area contributed by atoms with Crippen molar-refractivity contribution in [3.05, 3.63) is 59.7 Å². The van der Waals surface area contributed by atoms with E-state index in [9.17, 15) is 9.59 Å². The number of rotatable bonds is 10. The van der Waals surface area contributed by atoms with Crippen LogP contribution in [0.15, 0.2) is 48.5 Å². The van der Waals surface area contributed by atoms with E-state index in [0.29, 0.717) is 23.4 Å². The molecule has 5 nitrogen and oxygen atoms in total. The van der Waals surface area contributed by atoms with Crippen LogP contribution in [-0.4, -0.2) is 37.4 Å². The van der Waals surface area contributed by atoms with E-state index in [0.717, 1.165) is 12.2 Å². The van der Waals surface area contributed by atoms with Gasteiger partial charge in [0.15, 0.2) is 0 Å². The van der Waals surface area contributed by atoms with E-state index in [1.165, 1.54) is 30.6 Å². The summed E-state index contributed by atoms with van der Waals surface area (Å²) < 4.78 is 5.73. The van der Waals surface area contributed by atoms with Crippen molar-refractivity contribution in [1.82, 2.24) is 4.90 Å². The molecule has 150 valence electrons. The van der Waals surface area contributed by atoms with Crippen molar-refractivity contribution in [2.75, 3.05) is 26.0 Å². The van der Waals surface area contributed by atoms with Crippen LogP contribution in [0, 0.1) is 0 Å². The van der Waals surface area contributed by atoms with Crippen LogP contribution >= 0.6 is 0 Å². The van der Waals surface area contributed by atoms with Crippen LogP contribution in [-0.2, 0) is 0 Å². The van der Waals surface area contributed by atoms with E-state index in [-0.39, 0.29) is 11.8 Å². The minimum absolute atomic E-state index is 0.104. The van der Waals surface area contributed by atoms with Crippen molar-refractivity contribution in [2.24, 2.45) is 0 Å². The summed E-state index contributed by atoms with van der Waals surface area (Å²) in [6.45, 7) is 2.90. The van der Waals surface area contributed by atoms with Crippen molar-refractivity contribution in [2.45, 2.75) is 39.0 Å². The first-order valence-corrected chi connectivity index (χ1v) is 9.87. The van der Waals surface area contributed by atoms with Crippen LogP contribution in [0.5, 0.6) is 5.75 Å². The standard InChI is InChI=1S/C23H30N2O3/c1-4-5-6-7-8-16-28-21-14-12-18(13-15-21)22(26)24-20-11-9-10-19(17-20)23(27)25(2)3/h9-15,17H,4-8,16H2,1-3H3,(H,24,26). The van der Waals surface area contributed by atoms with E-state index in [1.807, 2.05) is 12.1 Å². The van der Waals surface area contributed by atoms with E-state index in [4.69, 9.17) is 4.74 Å². The van der Waals surface area contributed by atoms with E-state index >= 15 is 0 Å². The van der Waals surface area contributed by atoms with Gasteiger partial charge in [-0.25, -0.2) is 0 Å². The van der Waals surface area contributed by atoms with Gasteiger partial charge in [0.2, 0.25) is 0 Å². The molecule has 2 rings (SSSR count). The van der Waals surface area contributed by atoms with Crippen LogP contribution in [0.25, 0.3) is 0 Å². The predicted molar refractivity (Wildman–Crippen MR) is 113 cm³/mol. The number of hydrogen-bond acceptors (Lipinski definition) is 3. The summed E-state index contributed by atoms with van der Waals surface area (Å²) in [6, 6.07) is 14.0. The van der Waals surface area contributed by atoms with Gasteiger partial charge in [-0.1, -0.05) is 38.7 Å². The Morgan fingerprint density at radius 2 is 1.64 bits per heavy atom. The average Bonchev–Trinajstić information content (AvgIpc) is 2.70. The number of carbonyl (C=O) groups is 2. The smallest absolute Gasteiger partial charge is 0.255 e. The van der Waals surface area contributed by atoms with Crippen molar-refractivity contribution in [3.8, 4) is 5.75 Å². The number of amides is 2. The zero-order valence-electron chi connectivity index (χ0n) is 17.0. The molecule has 0 aliphatic heterocycles. The number of nitrogens with zero attached hydrogens (tertiary/aromatic N) is 1. The number of unbranched alkanes of at least 4 members (excludes halogenated alkanes) is 4. The Hall–Kier alpha value is -2.82. The highest BCUT2D eigenvalue weighted by Crippen LogP contribution is 2.16. The number of hydrogen-bond donors (Lipinski definition) is 1. The van der Waals surface area contributed by atoms with Gasteiger partial charge in [-0.15, -0.1) is 0 Å². The molecule has 28 heavy (non-hydrogen) atoms. The number of ether oxygens (including phenoxy) is 1. The molecular weight excluding hydrogens is 352 g/mol. The zero-order valence-corrected chi connectivity index (χ0v) is 17.0. The molecule has 0 saturated heterocycles. The molecule has 0 heterocycles. The monoisotopic (exact) mass is 382 g/mol. The van der Waals surface area contributed by atoms with Gasteiger partial charge in [0.05, 0.1) is 6.61 Å². The molecule has 2 aromatic carbocycles. The molecular formula is C23H30N2O3. The Balaban J connectivity index is 1.87. The molecule has 0 unspecified atom stereocenters. The van der Waals surface area contributed by atoms with Crippen LogP contribution < -0.4 is 10.1 Å². The molecule has 0 radical (unpaired) electrons. The molecule has 5 heteroatoms. The largest absolute Gasteiger partial charge is 0.494 e. The lowest BCUT2D eigenvalue weighted by atomic mass is 10.1. The Morgan fingerprint density at radius 1 is 0.929 bits per heavy atom. The van der Waals surface area contributed by atoms with Gasteiger partial charge in [0.1, 0.15) is 5.75 Å². The van der Waals surface area contributed by atoms with Crippen molar-refractivity contribution < 1.29 is 14.3 Å². The summed E-state index contributed by atoms with van der Waals surface area (Å²) in [5.41, 5.74) is 1.66. The van der Waals surface area contributed by atoms with Gasteiger partial charge in [-0.2, -0.15) is 0 Å². The average molecular weight is 383 g/mol. The Kier molecular flexibility index (Phi) is 8.53. The van der Waals surface area contributed by atoms with Crippen molar-refractivity contribution in [3.63, 3.8) is 0 Å². The zero-order chi connectivity index (χ0) is 20.4. The summed E-state index contributed by atoms with van der Waals surface area (Å²) in [6.07, 6.45) is 5.99. The summed E-state index contributed by atoms with van der Waals surface area (Å²) in [5, 5.41) is 2.83. The second kappa shape index (κ2) is 11.1. The third-order valence-electron chi connectivity index (χ3n) is 4.41. The van der Waals surface area contributed by atoms with Gasteiger partial charge in [-0.3, -0.25) is 9.59 Å². The fraction of sp³-hybridized carbons (Fsp3) is 0.391. The first-order chi connectivity index (χ1) is 13.5. The molecule has 0 spiro atoms. The number of nitrogens with one attached hydrogen (secondary N) is 1. The van der Waals surface area contributed by atoms with Crippen LogP contribution in [0.2, 0.25) is 0 Å². The lowest BCUT2D eigenvalue weighted by molar-refractivity contribution is 0.0827. The van der Waals surface area contributed by atoms with E-state index in [2.05, 4.69) is 12.2 Å². The van der Waals surface area contributed by atoms with Gasteiger partial charge in [-0.05, 0) is 48.9 Å². The minimum atomic E-state index is -0.222. The molecule has 0 saturated carbocycles. The van der Waals surface area contributed by atoms with Crippen LogP contribution in [0.1, 0.15) is 59.7 Å². The normalized spacial score (nSPS) is 10.4. The van der Waals surface area contributed by atoms with Gasteiger partial charge in [0, 0.05) is 30.9 Å². The SMILES string of the molecule is CCCCCCCOc1ccc(C(=O)Nc2cccc(C(=O)N(C)C)c2)cc1. The van der Waals surface area contributed by atoms with Crippen LogP contribution in [0.4, 0.5) is 5.69 Å². The van der Waals surface area contributed by atoms with Crippen molar-refractivity contribution >= 4 is 17.5 Å². The fourth-order valence-electron chi connectivity index (χ4n) is 2.79. The third-order valence-corrected chi connectivity index (χ3v) is 4.41. The highest BCUT2D eigenvalue weighted by atomic mass is 16.5. The lowest BCUT2D eigenvalue weighted by Crippen LogP contribution is -2.21. The van der Waals surface area contributed by atoms with Gasteiger partial charge in [0.25, 0.3) is 11.8 Å². The molecule has 0 fully saturated rings. The number of carbonyl (C=O) groups excluding carboxylic acids is 2. The maximum atomic E-state index is 12.5. The molecule has 0 aliphatic carbocycles. The molecule has 0 bridgehead atoms. The van der Waals surface area contributed by atoms with Crippen molar-refractivity contribution in [1.29, 1.82) is 0 Å². The summed E-state index contributed by atoms with van der Waals surface area (Å²) >= 11 is 0. The van der Waals surface area contributed by atoms with E-state index in [1.54, 1.807) is 50.5 Å². The second-order valence-corrected chi connectivity index (χ2v) is 7.02. The first kappa shape index (κ1) is 21.5. The Bertz CT molecular complexity index is 770. The quantitative estimate of drug-likeness (QED) is 0.589. The maximum Gasteiger partial charge on any atom is 0.255 e. The van der Waals surface area contributed by atoms with Gasteiger partial charge >= 0.3 is 0 Å². The Morgan fingerprint density at radius 3 is 2.32 bits per heavy atom. The fourth-order valence-corrected chi connectivity index (χ4v) is 2.79. The minimum Gasteiger partial charge on any atom is -0.494 e. The number of benzene rings is 2. The molecule has 0 atom stereocenters. The molecule has 0 aliphatic rings. The van der Waals surface area contributed by atoms with E-state index < -0.39 is 0 Å². The molecule has 1 N–H and O–H groups in total. The highest BCUT2D eigenvalue weighted by molar-refractivity contribution is 6.05. The van der Waals surface area contributed by atoms with Gasteiger partial charge < -0.3 is 15.0 Å². The molecule has 2 aromatic rings. The lowest BCUT2D eigenvalue weighted by Gasteiger charge is -2.12. The molecule has 2 amide bonds. The molecule has 0 aromatic heterocycles. The third kappa shape index (κ3) is 6.72. The summed E-state index contributed by atoms with van der Waals surface area (Å²) in [7, 11) is 3.39. The topological polar surface area (TPSA) is 58.6 Å². The highest BCUT2D eigenvalue weighted by Gasteiger charge is 2.10. The number of anilines is 1.